The summed E-state index contributed by atoms with van der Waals surface area (Å²) in [7, 11) is 3.17. The fourth-order valence-corrected chi connectivity index (χ4v) is 1.57. The number of methoxy groups -OCH3 is 2. The molecule has 1 amide bonds. The van der Waals surface area contributed by atoms with Crippen LogP contribution in [0.4, 0.5) is 5.69 Å². The molecule has 2 rings (SSSR count). The average molecular weight is 207 g/mol. The summed E-state index contributed by atoms with van der Waals surface area (Å²) in [5.41, 5.74) is 0.883. The van der Waals surface area contributed by atoms with Gasteiger partial charge in [0.2, 0.25) is 0 Å². The molecular weight excluding hydrogens is 194 g/mol. The van der Waals surface area contributed by atoms with Crippen molar-refractivity contribution in [2.45, 2.75) is 6.10 Å². The van der Waals surface area contributed by atoms with Gasteiger partial charge in [-0.3, -0.25) is 4.79 Å². The number of anilines is 1. The number of hydrogen-bond acceptors (Lipinski definition) is 3. The predicted octanol–water partition coefficient (Wildman–Crippen LogP) is 1.06. The van der Waals surface area contributed by atoms with E-state index in [4.69, 9.17) is 9.47 Å². The summed E-state index contributed by atoms with van der Waals surface area (Å²) in [5, 5.41) is 0. The van der Waals surface area contributed by atoms with Gasteiger partial charge in [0, 0.05) is 12.8 Å². The third-order valence-corrected chi connectivity index (χ3v) is 2.56. The number of benzene rings is 1. The Labute approximate surface area is 88.4 Å². The van der Waals surface area contributed by atoms with Gasteiger partial charge in [-0.15, -0.1) is 0 Å². The summed E-state index contributed by atoms with van der Waals surface area (Å²) in [6.45, 7) is 0.627. The molecular formula is C11H13NO3. The molecule has 1 aromatic carbocycles. The van der Waals surface area contributed by atoms with E-state index >= 15 is 0 Å². The quantitative estimate of drug-likeness (QED) is 0.695. The highest BCUT2D eigenvalue weighted by molar-refractivity contribution is 6.03. The normalized spacial score (nSPS) is 20.0. The highest BCUT2D eigenvalue weighted by Gasteiger charge is 2.37. The fourth-order valence-electron chi connectivity index (χ4n) is 1.57. The van der Waals surface area contributed by atoms with Crippen molar-refractivity contribution in [2.75, 3.05) is 25.7 Å². The summed E-state index contributed by atoms with van der Waals surface area (Å²) in [6.07, 6.45) is -0.271. The molecule has 1 aliphatic heterocycles. The minimum Gasteiger partial charge on any atom is -0.497 e. The van der Waals surface area contributed by atoms with Gasteiger partial charge in [0.15, 0.2) is 6.10 Å². The molecule has 1 saturated heterocycles. The number of amides is 1. The van der Waals surface area contributed by atoms with Crippen molar-refractivity contribution < 1.29 is 14.3 Å². The van der Waals surface area contributed by atoms with Crippen molar-refractivity contribution in [3.05, 3.63) is 24.3 Å². The van der Waals surface area contributed by atoms with E-state index in [2.05, 4.69) is 0 Å². The third kappa shape index (κ3) is 1.68. The second-order valence-electron chi connectivity index (χ2n) is 3.37. The molecule has 0 spiro atoms. The van der Waals surface area contributed by atoms with E-state index in [0.29, 0.717) is 6.54 Å². The Kier molecular flexibility index (Phi) is 2.60. The van der Waals surface area contributed by atoms with Crippen molar-refractivity contribution in [3.8, 4) is 5.75 Å². The second kappa shape index (κ2) is 3.90. The Hall–Kier alpha value is -1.55. The van der Waals surface area contributed by atoms with E-state index in [-0.39, 0.29) is 12.0 Å². The van der Waals surface area contributed by atoms with Crippen LogP contribution in [0.5, 0.6) is 5.75 Å². The Balaban J connectivity index is 2.09. The van der Waals surface area contributed by atoms with Gasteiger partial charge < -0.3 is 14.4 Å². The van der Waals surface area contributed by atoms with E-state index in [9.17, 15) is 4.79 Å². The van der Waals surface area contributed by atoms with Crippen molar-refractivity contribution in [1.29, 1.82) is 0 Å². The van der Waals surface area contributed by atoms with Crippen LogP contribution in [0.25, 0.3) is 0 Å². The molecule has 0 saturated carbocycles. The lowest BCUT2D eigenvalue weighted by Gasteiger charge is -2.37. The SMILES string of the molecule is COc1ccc(N2CC(OC)C2=O)cc1. The van der Waals surface area contributed by atoms with E-state index in [1.807, 2.05) is 24.3 Å². The van der Waals surface area contributed by atoms with E-state index in [1.54, 1.807) is 19.1 Å². The molecule has 4 nitrogen and oxygen atoms in total. The molecule has 0 bridgehead atoms. The molecule has 1 fully saturated rings. The van der Waals surface area contributed by atoms with E-state index in [0.717, 1.165) is 11.4 Å². The van der Waals surface area contributed by atoms with Gasteiger partial charge in [-0.25, -0.2) is 0 Å². The van der Waals surface area contributed by atoms with Crippen molar-refractivity contribution in [2.24, 2.45) is 0 Å². The maximum Gasteiger partial charge on any atom is 0.258 e. The molecule has 4 heteroatoms. The molecule has 0 radical (unpaired) electrons. The van der Waals surface area contributed by atoms with Crippen molar-refractivity contribution >= 4 is 11.6 Å². The molecule has 0 aromatic heterocycles. The monoisotopic (exact) mass is 207 g/mol. The zero-order chi connectivity index (χ0) is 10.8. The molecule has 1 atom stereocenters. The standard InChI is InChI=1S/C11H13NO3/c1-14-9-5-3-8(4-6-9)12-7-10(15-2)11(12)13/h3-6,10H,7H2,1-2H3. The summed E-state index contributed by atoms with van der Waals surface area (Å²) < 4.78 is 10.0. The van der Waals surface area contributed by atoms with Crippen LogP contribution < -0.4 is 9.64 Å². The number of rotatable bonds is 3. The number of β-lactam (4-membered cyclic amide) rings is 1. The maximum atomic E-state index is 11.5. The van der Waals surface area contributed by atoms with Crippen LogP contribution in [0, 0.1) is 0 Å². The van der Waals surface area contributed by atoms with Gasteiger partial charge in [0.1, 0.15) is 5.75 Å². The second-order valence-corrected chi connectivity index (χ2v) is 3.37. The number of ether oxygens (including phenoxy) is 2. The number of carbonyl (C=O) groups excluding carboxylic acids is 1. The summed E-state index contributed by atoms with van der Waals surface area (Å²) in [6, 6.07) is 7.40. The predicted molar refractivity (Wildman–Crippen MR) is 56.1 cm³/mol. The first kappa shape index (κ1) is 9.98. The van der Waals surface area contributed by atoms with Crippen LogP contribution >= 0.6 is 0 Å². The molecule has 1 aromatic rings. The molecule has 1 aliphatic rings. The minimum absolute atomic E-state index is 0.0164. The van der Waals surface area contributed by atoms with Crippen LogP contribution in [0.2, 0.25) is 0 Å². The summed E-state index contributed by atoms with van der Waals surface area (Å²) >= 11 is 0. The first-order valence-electron chi connectivity index (χ1n) is 4.74. The highest BCUT2D eigenvalue weighted by atomic mass is 16.5. The maximum absolute atomic E-state index is 11.5. The van der Waals surface area contributed by atoms with Crippen molar-refractivity contribution in [1.82, 2.24) is 0 Å². The summed E-state index contributed by atoms with van der Waals surface area (Å²) in [5.74, 6) is 0.803. The van der Waals surface area contributed by atoms with Crippen LogP contribution in [-0.4, -0.2) is 32.8 Å². The molecule has 80 valence electrons. The van der Waals surface area contributed by atoms with Gasteiger partial charge in [0.05, 0.1) is 13.7 Å². The van der Waals surface area contributed by atoms with Crippen LogP contribution in [0.1, 0.15) is 0 Å². The highest BCUT2D eigenvalue weighted by Crippen LogP contribution is 2.25. The van der Waals surface area contributed by atoms with Crippen LogP contribution in [0.15, 0.2) is 24.3 Å². The first-order chi connectivity index (χ1) is 7.26. The zero-order valence-corrected chi connectivity index (χ0v) is 8.77. The Bertz CT molecular complexity index is 361. The van der Waals surface area contributed by atoms with E-state index < -0.39 is 0 Å². The number of carbonyl (C=O) groups is 1. The van der Waals surface area contributed by atoms with E-state index in [1.165, 1.54) is 0 Å². The first-order valence-corrected chi connectivity index (χ1v) is 4.74. The van der Waals surface area contributed by atoms with Gasteiger partial charge in [-0.05, 0) is 24.3 Å². The largest absolute Gasteiger partial charge is 0.497 e. The molecule has 1 unspecified atom stereocenters. The molecule has 15 heavy (non-hydrogen) atoms. The Morgan fingerprint density at radius 3 is 2.40 bits per heavy atom. The lowest BCUT2D eigenvalue weighted by atomic mass is 10.1. The van der Waals surface area contributed by atoms with Gasteiger partial charge in [0.25, 0.3) is 5.91 Å². The van der Waals surface area contributed by atoms with Gasteiger partial charge >= 0.3 is 0 Å². The van der Waals surface area contributed by atoms with Crippen molar-refractivity contribution in [3.63, 3.8) is 0 Å². The van der Waals surface area contributed by atoms with Gasteiger partial charge in [-0.1, -0.05) is 0 Å². The lowest BCUT2D eigenvalue weighted by molar-refractivity contribution is -0.134. The zero-order valence-electron chi connectivity index (χ0n) is 8.77. The molecule has 0 aliphatic carbocycles. The number of hydrogen-bond donors (Lipinski definition) is 0. The minimum atomic E-state index is -0.271. The topological polar surface area (TPSA) is 38.8 Å². The fraction of sp³-hybridized carbons (Fsp3) is 0.364. The third-order valence-electron chi connectivity index (χ3n) is 2.56. The average Bonchev–Trinajstić information content (AvgIpc) is 2.28. The number of nitrogens with zero attached hydrogens (tertiary/aromatic N) is 1. The molecule has 0 N–H and O–H groups in total. The van der Waals surface area contributed by atoms with Crippen LogP contribution in [0.3, 0.4) is 0 Å². The van der Waals surface area contributed by atoms with Gasteiger partial charge in [-0.2, -0.15) is 0 Å². The lowest BCUT2D eigenvalue weighted by Crippen LogP contribution is -2.57. The Morgan fingerprint density at radius 2 is 1.93 bits per heavy atom. The Morgan fingerprint density at radius 1 is 1.27 bits per heavy atom. The van der Waals surface area contributed by atoms with Crippen LogP contribution in [-0.2, 0) is 9.53 Å². The smallest absolute Gasteiger partial charge is 0.258 e. The molecule has 1 heterocycles. The summed E-state index contributed by atoms with van der Waals surface area (Å²) in [4.78, 5) is 13.2.